The highest BCUT2D eigenvalue weighted by atomic mass is 14.9. The van der Waals surface area contributed by atoms with Crippen LogP contribution in [-0.4, -0.2) is 4.40 Å². The van der Waals surface area contributed by atoms with Crippen molar-refractivity contribution in [1.82, 2.24) is 4.40 Å². The van der Waals surface area contributed by atoms with Crippen molar-refractivity contribution in [2.24, 2.45) is 0 Å². The number of pyridine rings is 1. The molecule has 0 fully saturated rings. The molecule has 0 aliphatic carbocycles. The Kier molecular flexibility index (Phi) is 3.92. The van der Waals surface area contributed by atoms with Crippen molar-refractivity contribution in [2.75, 3.05) is 0 Å². The smallest absolute Gasteiger partial charge is 0.0459 e. The first-order chi connectivity index (χ1) is 10.3. The van der Waals surface area contributed by atoms with Gasteiger partial charge in [0.05, 0.1) is 0 Å². The van der Waals surface area contributed by atoms with Crippen molar-refractivity contribution in [3.05, 3.63) is 79.1 Å². The predicted molar refractivity (Wildman–Crippen MR) is 90.7 cm³/mol. The molecule has 3 rings (SSSR count). The summed E-state index contributed by atoms with van der Waals surface area (Å²) in [5.41, 5.74) is 5.20. The van der Waals surface area contributed by atoms with Gasteiger partial charge in [0.1, 0.15) is 0 Å². The molecule has 0 N–H and O–H groups in total. The third-order valence-electron chi connectivity index (χ3n) is 4.04. The second-order valence-electron chi connectivity index (χ2n) is 5.44. The number of hydrogen-bond donors (Lipinski definition) is 0. The maximum atomic E-state index is 4.06. The molecule has 0 unspecified atom stereocenters. The van der Waals surface area contributed by atoms with E-state index in [1.807, 2.05) is 0 Å². The van der Waals surface area contributed by atoms with Gasteiger partial charge < -0.3 is 4.40 Å². The Morgan fingerprint density at radius 1 is 1.10 bits per heavy atom. The molecule has 0 amide bonds. The Labute approximate surface area is 126 Å². The molecule has 1 aromatic carbocycles. The summed E-state index contributed by atoms with van der Waals surface area (Å²) >= 11 is 0. The highest BCUT2D eigenvalue weighted by Gasteiger charge is 2.18. The highest BCUT2D eigenvalue weighted by Crippen LogP contribution is 2.35. The summed E-state index contributed by atoms with van der Waals surface area (Å²) in [6, 6.07) is 19.3. The van der Waals surface area contributed by atoms with E-state index in [2.05, 4.69) is 84.8 Å². The van der Waals surface area contributed by atoms with Crippen LogP contribution in [0, 0.1) is 0 Å². The summed E-state index contributed by atoms with van der Waals surface area (Å²) in [5.74, 6) is 0.384. The maximum Gasteiger partial charge on any atom is 0.0459 e. The van der Waals surface area contributed by atoms with Crippen LogP contribution < -0.4 is 0 Å². The van der Waals surface area contributed by atoms with Gasteiger partial charge in [0.25, 0.3) is 0 Å². The molecule has 1 heteroatoms. The van der Waals surface area contributed by atoms with Crippen LogP contribution in [0.25, 0.3) is 16.6 Å². The molecule has 0 aliphatic rings. The zero-order valence-electron chi connectivity index (χ0n) is 12.5. The molecule has 0 radical (unpaired) electrons. The van der Waals surface area contributed by atoms with Crippen LogP contribution in [0.4, 0.5) is 0 Å². The predicted octanol–water partition coefficient (Wildman–Crippen LogP) is 5.68. The Bertz CT molecular complexity index is 737. The van der Waals surface area contributed by atoms with E-state index in [4.69, 9.17) is 0 Å². The summed E-state index contributed by atoms with van der Waals surface area (Å²) < 4.78 is 2.31. The lowest BCUT2D eigenvalue weighted by Crippen LogP contribution is -2.01. The van der Waals surface area contributed by atoms with E-state index in [-0.39, 0.29) is 0 Å². The molecule has 3 aromatic rings. The third kappa shape index (κ3) is 2.52. The number of hydrogen-bond acceptors (Lipinski definition) is 0. The van der Waals surface area contributed by atoms with Crippen molar-refractivity contribution >= 4 is 5.52 Å². The average Bonchev–Trinajstić information content (AvgIpc) is 2.93. The standard InChI is InChI=1S/C20H21N/c1-3-10-16(4-2)20-19(17-11-6-5-7-12-17)15-18-13-8-9-14-21(18)20/h4-9,11-16H,2-3,10H2,1H3/t16-/m0/s1. The Hall–Kier alpha value is -2.28. The average molecular weight is 275 g/mol. The van der Waals surface area contributed by atoms with Crippen LogP contribution in [0.1, 0.15) is 31.4 Å². The quantitative estimate of drug-likeness (QED) is 0.528. The molecule has 0 spiro atoms. The molecule has 0 saturated heterocycles. The maximum absolute atomic E-state index is 4.06. The van der Waals surface area contributed by atoms with Gasteiger partial charge in [-0.05, 0) is 30.2 Å². The molecule has 106 valence electrons. The molecular weight excluding hydrogens is 254 g/mol. The first kappa shape index (κ1) is 13.7. The number of allylic oxidation sites excluding steroid dienone is 1. The monoisotopic (exact) mass is 275 g/mol. The lowest BCUT2D eigenvalue weighted by atomic mass is 9.94. The van der Waals surface area contributed by atoms with Crippen LogP contribution in [0.3, 0.4) is 0 Å². The Morgan fingerprint density at radius 2 is 1.86 bits per heavy atom. The van der Waals surface area contributed by atoms with E-state index < -0.39 is 0 Å². The number of aromatic nitrogens is 1. The summed E-state index contributed by atoms with van der Waals surface area (Å²) in [5, 5.41) is 0. The molecule has 2 heterocycles. The first-order valence-corrected chi connectivity index (χ1v) is 7.63. The van der Waals surface area contributed by atoms with Crippen LogP contribution in [0.5, 0.6) is 0 Å². The van der Waals surface area contributed by atoms with E-state index in [1.54, 1.807) is 0 Å². The number of fused-ring (bicyclic) bond motifs is 1. The fourth-order valence-electron chi connectivity index (χ4n) is 3.05. The third-order valence-corrected chi connectivity index (χ3v) is 4.04. The van der Waals surface area contributed by atoms with Gasteiger partial charge in [-0.1, -0.05) is 55.8 Å². The highest BCUT2D eigenvalue weighted by molar-refractivity contribution is 5.74. The van der Waals surface area contributed by atoms with Crippen molar-refractivity contribution in [2.45, 2.75) is 25.7 Å². The SMILES string of the molecule is C=C[C@@H](CCC)c1c(-c2ccccc2)cc2ccccn12. The molecule has 0 saturated carbocycles. The lowest BCUT2D eigenvalue weighted by molar-refractivity contribution is 0.696. The second kappa shape index (κ2) is 6.01. The zero-order valence-corrected chi connectivity index (χ0v) is 12.5. The van der Waals surface area contributed by atoms with Gasteiger partial charge in [0.2, 0.25) is 0 Å². The lowest BCUT2D eigenvalue weighted by Gasteiger charge is -2.15. The molecule has 1 atom stereocenters. The van der Waals surface area contributed by atoms with Crippen molar-refractivity contribution in [3.8, 4) is 11.1 Å². The van der Waals surface area contributed by atoms with Gasteiger partial charge >= 0.3 is 0 Å². The van der Waals surface area contributed by atoms with Gasteiger partial charge in [-0.25, -0.2) is 0 Å². The van der Waals surface area contributed by atoms with Gasteiger partial charge in [0, 0.05) is 28.9 Å². The van der Waals surface area contributed by atoms with E-state index in [0.717, 1.165) is 12.8 Å². The van der Waals surface area contributed by atoms with Gasteiger partial charge in [0.15, 0.2) is 0 Å². The Morgan fingerprint density at radius 3 is 2.57 bits per heavy atom. The number of nitrogens with zero attached hydrogens (tertiary/aromatic N) is 1. The van der Waals surface area contributed by atoms with E-state index in [9.17, 15) is 0 Å². The normalized spacial score (nSPS) is 12.4. The molecule has 21 heavy (non-hydrogen) atoms. The minimum absolute atomic E-state index is 0.384. The summed E-state index contributed by atoms with van der Waals surface area (Å²) in [6.07, 6.45) is 6.53. The second-order valence-corrected chi connectivity index (χ2v) is 5.44. The van der Waals surface area contributed by atoms with E-state index >= 15 is 0 Å². The summed E-state index contributed by atoms with van der Waals surface area (Å²) in [6.45, 7) is 6.29. The first-order valence-electron chi connectivity index (χ1n) is 7.63. The molecule has 1 nitrogen and oxygen atoms in total. The molecule has 0 aliphatic heterocycles. The van der Waals surface area contributed by atoms with E-state index in [1.165, 1.54) is 22.3 Å². The number of rotatable bonds is 5. The van der Waals surface area contributed by atoms with Crippen LogP contribution in [0.15, 0.2) is 73.4 Å². The topological polar surface area (TPSA) is 4.41 Å². The summed E-state index contributed by atoms with van der Waals surface area (Å²) in [7, 11) is 0. The van der Waals surface area contributed by atoms with Crippen LogP contribution >= 0.6 is 0 Å². The van der Waals surface area contributed by atoms with Crippen molar-refractivity contribution < 1.29 is 0 Å². The Balaban J connectivity index is 2.26. The molecule has 2 aromatic heterocycles. The molecule has 0 bridgehead atoms. The largest absolute Gasteiger partial charge is 0.320 e. The zero-order chi connectivity index (χ0) is 14.7. The van der Waals surface area contributed by atoms with Crippen molar-refractivity contribution in [1.29, 1.82) is 0 Å². The van der Waals surface area contributed by atoms with Gasteiger partial charge in [-0.3, -0.25) is 0 Å². The van der Waals surface area contributed by atoms with E-state index in [0.29, 0.717) is 5.92 Å². The van der Waals surface area contributed by atoms with Gasteiger partial charge in [-0.15, -0.1) is 6.58 Å². The van der Waals surface area contributed by atoms with Crippen LogP contribution in [0.2, 0.25) is 0 Å². The van der Waals surface area contributed by atoms with Crippen LogP contribution in [-0.2, 0) is 0 Å². The summed E-state index contributed by atoms with van der Waals surface area (Å²) in [4.78, 5) is 0. The minimum atomic E-state index is 0.384. The fraction of sp³-hybridized carbons (Fsp3) is 0.200. The van der Waals surface area contributed by atoms with Gasteiger partial charge in [-0.2, -0.15) is 0 Å². The fourth-order valence-corrected chi connectivity index (χ4v) is 3.05. The number of benzene rings is 1. The molecular formula is C20H21N. The minimum Gasteiger partial charge on any atom is -0.320 e. The van der Waals surface area contributed by atoms with Crippen molar-refractivity contribution in [3.63, 3.8) is 0 Å².